The van der Waals surface area contributed by atoms with Crippen molar-refractivity contribution < 1.29 is 19.7 Å². The fourth-order valence-corrected chi connectivity index (χ4v) is 1.68. The minimum atomic E-state index is -1.59. The van der Waals surface area contributed by atoms with Crippen molar-refractivity contribution in [3.63, 3.8) is 0 Å². The molecule has 1 aromatic carbocycles. The lowest BCUT2D eigenvalue weighted by molar-refractivity contribution is -0.159. The molecule has 0 aliphatic carbocycles. The molecule has 0 amide bonds. The molecule has 2 atom stereocenters. The molecule has 96 valence electrons. The number of carbonyl (C=O) groups is 1. The molecule has 3 N–H and O–H groups in total. The molecule has 2 aromatic rings. The molecule has 1 heterocycles. The molecule has 6 heteroatoms. The van der Waals surface area contributed by atoms with Gasteiger partial charge in [0, 0.05) is 5.39 Å². The Morgan fingerprint density at radius 3 is 3.00 bits per heavy atom. The summed E-state index contributed by atoms with van der Waals surface area (Å²) in [4.78, 5) is 11.3. The van der Waals surface area contributed by atoms with E-state index in [0.717, 1.165) is 10.9 Å². The second-order valence-electron chi connectivity index (χ2n) is 3.86. The molecule has 18 heavy (non-hydrogen) atoms. The van der Waals surface area contributed by atoms with Gasteiger partial charge in [-0.2, -0.15) is 5.10 Å². The van der Waals surface area contributed by atoms with E-state index in [-0.39, 0.29) is 6.61 Å². The number of ether oxygens (including phenoxy) is 1. The normalized spacial score (nSPS) is 14.4. The number of fused-ring (bicyclic) bond motifs is 1. The summed E-state index contributed by atoms with van der Waals surface area (Å²) in [5.41, 5.74) is 1.25. The van der Waals surface area contributed by atoms with E-state index in [1.165, 1.54) is 0 Å². The van der Waals surface area contributed by atoms with Crippen LogP contribution in [-0.4, -0.2) is 39.1 Å². The van der Waals surface area contributed by atoms with E-state index in [1.54, 1.807) is 31.3 Å². The van der Waals surface area contributed by atoms with Gasteiger partial charge in [0.05, 0.1) is 18.3 Å². The number of esters is 1. The van der Waals surface area contributed by atoms with Gasteiger partial charge in [-0.25, -0.2) is 4.79 Å². The average Bonchev–Trinajstić information content (AvgIpc) is 2.84. The van der Waals surface area contributed by atoms with Crippen LogP contribution in [0.1, 0.15) is 18.6 Å². The van der Waals surface area contributed by atoms with Crippen LogP contribution < -0.4 is 0 Å². The third-order valence-electron chi connectivity index (χ3n) is 2.63. The van der Waals surface area contributed by atoms with E-state index in [2.05, 4.69) is 14.9 Å². The van der Waals surface area contributed by atoms with Crippen molar-refractivity contribution in [2.45, 2.75) is 19.1 Å². The number of benzene rings is 1. The molecule has 2 unspecified atom stereocenters. The Kier molecular flexibility index (Phi) is 3.59. The van der Waals surface area contributed by atoms with Crippen molar-refractivity contribution in [3.05, 3.63) is 30.0 Å². The summed E-state index contributed by atoms with van der Waals surface area (Å²) in [6.07, 6.45) is -1.31. The molecule has 0 bridgehead atoms. The third-order valence-corrected chi connectivity index (χ3v) is 2.63. The number of aromatic nitrogens is 2. The van der Waals surface area contributed by atoms with Crippen LogP contribution in [0, 0.1) is 0 Å². The Hall–Kier alpha value is -1.92. The maximum Gasteiger partial charge on any atom is 0.338 e. The van der Waals surface area contributed by atoms with Crippen LogP contribution >= 0.6 is 0 Å². The number of nitrogens with zero attached hydrogens (tertiary/aromatic N) is 1. The van der Waals surface area contributed by atoms with E-state index in [0.29, 0.717) is 5.56 Å². The van der Waals surface area contributed by atoms with Gasteiger partial charge in [-0.3, -0.25) is 5.10 Å². The van der Waals surface area contributed by atoms with Crippen LogP contribution in [0.2, 0.25) is 0 Å². The third kappa shape index (κ3) is 2.34. The summed E-state index contributed by atoms with van der Waals surface area (Å²) in [6.45, 7) is 1.79. The Morgan fingerprint density at radius 2 is 2.28 bits per heavy atom. The average molecular weight is 250 g/mol. The predicted molar refractivity (Wildman–Crippen MR) is 63.7 cm³/mol. The number of carbonyl (C=O) groups excluding carboxylic acids is 1. The molecular formula is C12H14N2O4. The summed E-state index contributed by atoms with van der Waals surface area (Å²) in [5, 5.41) is 27.0. The van der Waals surface area contributed by atoms with Gasteiger partial charge in [0.15, 0.2) is 6.10 Å². The monoisotopic (exact) mass is 250 g/mol. The fourth-order valence-electron chi connectivity index (χ4n) is 1.68. The molecule has 0 spiro atoms. The molecule has 0 radical (unpaired) electrons. The Bertz CT molecular complexity index is 552. The molecule has 0 saturated carbocycles. The van der Waals surface area contributed by atoms with Gasteiger partial charge in [-0.05, 0) is 24.6 Å². The van der Waals surface area contributed by atoms with Gasteiger partial charge >= 0.3 is 5.97 Å². The zero-order valence-corrected chi connectivity index (χ0v) is 9.83. The summed E-state index contributed by atoms with van der Waals surface area (Å²) in [6, 6.07) is 5.00. The summed E-state index contributed by atoms with van der Waals surface area (Å²) < 4.78 is 4.65. The first kappa shape index (κ1) is 12.5. The quantitative estimate of drug-likeness (QED) is 0.687. The summed E-state index contributed by atoms with van der Waals surface area (Å²) in [7, 11) is 0. The lowest BCUT2D eigenvalue weighted by atomic mass is 10.0. The predicted octanol–water partition coefficient (Wildman–Crippen LogP) is 0.520. The summed E-state index contributed by atoms with van der Waals surface area (Å²) in [5.74, 6) is -0.836. The van der Waals surface area contributed by atoms with E-state index >= 15 is 0 Å². The van der Waals surface area contributed by atoms with Crippen molar-refractivity contribution in [1.29, 1.82) is 0 Å². The number of H-pyrrole nitrogens is 1. The Morgan fingerprint density at radius 1 is 1.50 bits per heavy atom. The molecule has 2 rings (SSSR count). The molecule has 6 nitrogen and oxygen atoms in total. The van der Waals surface area contributed by atoms with Gasteiger partial charge in [0.1, 0.15) is 6.10 Å². The lowest BCUT2D eigenvalue weighted by Crippen LogP contribution is -2.29. The highest BCUT2D eigenvalue weighted by atomic mass is 16.5. The van der Waals surface area contributed by atoms with E-state index in [1.807, 2.05) is 0 Å². The largest absolute Gasteiger partial charge is 0.464 e. The molecular weight excluding hydrogens is 236 g/mol. The van der Waals surface area contributed by atoms with Crippen LogP contribution in [0.25, 0.3) is 10.9 Å². The van der Waals surface area contributed by atoms with Crippen LogP contribution in [0.3, 0.4) is 0 Å². The Labute approximate surface area is 103 Å². The standard InChI is InChI=1S/C12H14N2O4/c1-2-18-12(17)11(16)10(15)7-3-4-9-8(5-7)6-13-14-9/h3-6,10-11,15-16H,2H2,1H3,(H,13,14). The maximum absolute atomic E-state index is 11.3. The zero-order valence-electron chi connectivity index (χ0n) is 9.83. The number of nitrogens with one attached hydrogen (secondary N) is 1. The molecule has 0 saturated heterocycles. The zero-order chi connectivity index (χ0) is 13.1. The Balaban J connectivity index is 2.21. The minimum Gasteiger partial charge on any atom is -0.464 e. The van der Waals surface area contributed by atoms with Crippen LogP contribution in [0.4, 0.5) is 0 Å². The first-order valence-corrected chi connectivity index (χ1v) is 5.59. The number of hydrogen-bond acceptors (Lipinski definition) is 5. The van der Waals surface area contributed by atoms with Crippen molar-refractivity contribution >= 4 is 16.9 Å². The van der Waals surface area contributed by atoms with Gasteiger partial charge in [0.2, 0.25) is 0 Å². The topological polar surface area (TPSA) is 95.4 Å². The van der Waals surface area contributed by atoms with Crippen LogP contribution in [0.5, 0.6) is 0 Å². The van der Waals surface area contributed by atoms with Gasteiger partial charge in [0.25, 0.3) is 0 Å². The number of aliphatic hydroxyl groups excluding tert-OH is 2. The second kappa shape index (κ2) is 5.16. The van der Waals surface area contributed by atoms with Crippen molar-refractivity contribution in [2.75, 3.05) is 6.61 Å². The van der Waals surface area contributed by atoms with Crippen molar-refractivity contribution in [3.8, 4) is 0 Å². The highest BCUT2D eigenvalue weighted by Crippen LogP contribution is 2.21. The first-order chi connectivity index (χ1) is 8.63. The number of rotatable bonds is 4. The molecule has 0 fully saturated rings. The van der Waals surface area contributed by atoms with Crippen molar-refractivity contribution in [2.24, 2.45) is 0 Å². The van der Waals surface area contributed by atoms with Crippen molar-refractivity contribution in [1.82, 2.24) is 10.2 Å². The number of aromatic amines is 1. The maximum atomic E-state index is 11.3. The molecule has 1 aromatic heterocycles. The highest BCUT2D eigenvalue weighted by molar-refractivity contribution is 5.79. The number of hydrogen-bond donors (Lipinski definition) is 3. The van der Waals surface area contributed by atoms with Crippen LogP contribution in [-0.2, 0) is 9.53 Å². The van der Waals surface area contributed by atoms with Gasteiger partial charge in [-0.1, -0.05) is 6.07 Å². The van der Waals surface area contributed by atoms with E-state index in [4.69, 9.17) is 0 Å². The number of aliphatic hydroxyl groups is 2. The summed E-state index contributed by atoms with van der Waals surface area (Å²) >= 11 is 0. The lowest BCUT2D eigenvalue weighted by Gasteiger charge is -2.16. The van der Waals surface area contributed by atoms with Crippen LogP contribution in [0.15, 0.2) is 24.4 Å². The minimum absolute atomic E-state index is 0.156. The van der Waals surface area contributed by atoms with Gasteiger partial charge < -0.3 is 14.9 Å². The first-order valence-electron chi connectivity index (χ1n) is 5.59. The van der Waals surface area contributed by atoms with Gasteiger partial charge in [-0.15, -0.1) is 0 Å². The fraction of sp³-hybridized carbons (Fsp3) is 0.333. The molecule has 0 aliphatic heterocycles. The SMILES string of the molecule is CCOC(=O)C(O)C(O)c1ccc2[nH]ncc2c1. The second-order valence-corrected chi connectivity index (χ2v) is 3.86. The van der Waals surface area contributed by atoms with E-state index < -0.39 is 18.2 Å². The molecule has 0 aliphatic rings. The smallest absolute Gasteiger partial charge is 0.338 e. The van der Waals surface area contributed by atoms with E-state index in [9.17, 15) is 15.0 Å². The highest BCUT2D eigenvalue weighted by Gasteiger charge is 2.27.